The summed E-state index contributed by atoms with van der Waals surface area (Å²) in [4.78, 5) is 67.9. The summed E-state index contributed by atoms with van der Waals surface area (Å²) >= 11 is 0. The Morgan fingerprint density at radius 2 is 1.64 bits per heavy atom. The van der Waals surface area contributed by atoms with Crippen molar-refractivity contribution in [3.05, 3.63) is 11.8 Å². The standard InChI is InChI=1S/C34H60N4O6/c1-10-29(35-31(41)13-12-26(7)14-15-38-16-18-44-19-17-38)33(43)37(9)30(11-2)32(42)36-34(23-40,20-24(3)4)21-27(8)28(22-39)25(5)6/h11,22-29H,10,12-21H2,1-9H3,(H,35,41)(H,36,42). The maximum atomic E-state index is 13.6. The molecule has 1 fully saturated rings. The van der Waals surface area contributed by atoms with Crippen LogP contribution in [0.2, 0.25) is 0 Å². The van der Waals surface area contributed by atoms with Crippen LogP contribution in [0.25, 0.3) is 0 Å². The van der Waals surface area contributed by atoms with E-state index in [1.54, 1.807) is 6.92 Å². The van der Waals surface area contributed by atoms with Crippen LogP contribution in [0.4, 0.5) is 0 Å². The van der Waals surface area contributed by atoms with E-state index in [2.05, 4.69) is 22.5 Å². The van der Waals surface area contributed by atoms with Gasteiger partial charge >= 0.3 is 0 Å². The molecule has 0 aromatic rings. The zero-order chi connectivity index (χ0) is 33.4. The second-order valence-corrected chi connectivity index (χ2v) is 13.5. The van der Waals surface area contributed by atoms with Crippen molar-refractivity contribution in [3.8, 4) is 0 Å². The molecular weight excluding hydrogens is 560 g/mol. The third-order valence-electron chi connectivity index (χ3n) is 8.78. The lowest BCUT2D eigenvalue weighted by Crippen LogP contribution is -2.55. The minimum Gasteiger partial charge on any atom is -0.379 e. The van der Waals surface area contributed by atoms with Gasteiger partial charge in [-0.25, -0.2) is 0 Å². The number of allylic oxidation sites excluding steroid dienone is 1. The van der Waals surface area contributed by atoms with Crippen molar-refractivity contribution < 1.29 is 28.7 Å². The molecule has 0 spiro atoms. The maximum absolute atomic E-state index is 13.6. The summed E-state index contributed by atoms with van der Waals surface area (Å²) in [5.41, 5.74) is -1.10. The molecule has 2 N–H and O–H groups in total. The average molecular weight is 621 g/mol. The van der Waals surface area contributed by atoms with Crippen LogP contribution in [0.3, 0.4) is 0 Å². The number of likely N-dealkylation sites (N-methyl/N-ethyl adjacent to an activating group) is 1. The third-order valence-corrected chi connectivity index (χ3v) is 8.78. The van der Waals surface area contributed by atoms with E-state index in [9.17, 15) is 24.0 Å². The van der Waals surface area contributed by atoms with Crippen molar-refractivity contribution >= 4 is 30.3 Å². The molecule has 10 heteroatoms. The SMILES string of the molecule is CC=C(C(=O)NC(C=O)(CC(C)C)CC(C)C(C=O)C(C)C)N(C)C(=O)C(CC)NC(=O)CCC(C)CCN1CCOCC1. The van der Waals surface area contributed by atoms with Gasteiger partial charge < -0.3 is 29.9 Å². The Morgan fingerprint density at radius 3 is 2.14 bits per heavy atom. The molecule has 44 heavy (non-hydrogen) atoms. The molecule has 1 saturated heterocycles. The quantitative estimate of drug-likeness (QED) is 0.156. The molecule has 1 aliphatic rings. The Balaban J connectivity index is 2.88. The summed E-state index contributed by atoms with van der Waals surface area (Å²) < 4.78 is 5.40. The monoisotopic (exact) mass is 620 g/mol. The fraction of sp³-hybridized carbons (Fsp3) is 0.794. The highest BCUT2D eigenvalue weighted by Gasteiger charge is 2.38. The highest BCUT2D eigenvalue weighted by molar-refractivity contribution is 6.00. The van der Waals surface area contributed by atoms with Crippen LogP contribution in [-0.4, -0.2) is 91.6 Å². The van der Waals surface area contributed by atoms with Crippen LogP contribution in [0.1, 0.15) is 93.9 Å². The fourth-order valence-electron chi connectivity index (χ4n) is 6.17. The summed E-state index contributed by atoms with van der Waals surface area (Å²) in [5.74, 6) is -0.992. The normalized spacial score (nSPS) is 18.6. The number of amides is 3. The number of nitrogens with one attached hydrogen (secondary N) is 2. The summed E-state index contributed by atoms with van der Waals surface area (Å²) in [6.45, 7) is 19.8. The first-order valence-electron chi connectivity index (χ1n) is 16.5. The van der Waals surface area contributed by atoms with Crippen LogP contribution in [0.5, 0.6) is 0 Å². The van der Waals surface area contributed by atoms with Crippen LogP contribution in [0, 0.1) is 29.6 Å². The largest absolute Gasteiger partial charge is 0.379 e. The van der Waals surface area contributed by atoms with Gasteiger partial charge in [0.25, 0.3) is 5.91 Å². The average Bonchev–Trinajstić information content (AvgIpc) is 2.97. The van der Waals surface area contributed by atoms with E-state index in [0.717, 1.165) is 58.3 Å². The van der Waals surface area contributed by atoms with Crippen LogP contribution >= 0.6 is 0 Å². The van der Waals surface area contributed by atoms with Crippen molar-refractivity contribution in [2.45, 2.75) is 105 Å². The van der Waals surface area contributed by atoms with Crippen molar-refractivity contribution in [1.29, 1.82) is 0 Å². The number of rotatable bonds is 20. The van der Waals surface area contributed by atoms with Gasteiger partial charge in [-0.3, -0.25) is 19.3 Å². The highest BCUT2D eigenvalue weighted by Crippen LogP contribution is 2.30. The van der Waals surface area contributed by atoms with Gasteiger partial charge in [-0.15, -0.1) is 0 Å². The Morgan fingerprint density at radius 1 is 1.00 bits per heavy atom. The number of hydrogen-bond acceptors (Lipinski definition) is 7. The van der Waals surface area contributed by atoms with Crippen LogP contribution in [0.15, 0.2) is 11.8 Å². The first-order chi connectivity index (χ1) is 20.7. The van der Waals surface area contributed by atoms with E-state index in [4.69, 9.17) is 4.74 Å². The summed E-state index contributed by atoms with van der Waals surface area (Å²) in [7, 11) is 1.51. The highest BCUT2D eigenvalue weighted by atomic mass is 16.5. The summed E-state index contributed by atoms with van der Waals surface area (Å²) in [6, 6.07) is -0.787. The molecule has 252 valence electrons. The van der Waals surface area contributed by atoms with E-state index in [-0.39, 0.29) is 35.3 Å². The number of nitrogens with zero attached hydrogens (tertiary/aromatic N) is 2. The Bertz CT molecular complexity index is 961. The number of ether oxygens (including phenoxy) is 1. The molecule has 0 radical (unpaired) electrons. The van der Waals surface area contributed by atoms with Gasteiger partial charge in [0, 0.05) is 32.5 Å². The smallest absolute Gasteiger partial charge is 0.268 e. The van der Waals surface area contributed by atoms with Gasteiger partial charge in [0.2, 0.25) is 11.8 Å². The summed E-state index contributed by atoms with van der Waals surface area (Å²) in [6.07, 6.45) is 6.34. The molecule has 1 aliphatic heterocycles. The first-order valence-corrected chi connectivity index (χ1v) is 16.5. The zero-order valence-corrected chi connectivity index (χ0v) is 28.8. The molecule has 0 aliphatic carbocycles. The lowest BCUT2D eigenvalue weighted by Gasteiger charge is -2.36. The molecule has 1 heterocycles. The molecule has 0 bridgehead atoms. The van der Waals surface area contributed by atoms with E-state index in [1.165, 1.54) is 18.0 Å². The van der Waals surface area contributed by atoms with Gasteiger partial charge in [-0.1, -0.05) is 54.5 Å². The molecule has 3 amide bonds. The van der Waals surface area contributed by atoms with Gasteiger partial charge in [0.1, 0.15) is 24.3 Å². The topological polar surface area (TPSA) is 125 Å². The van der Waals surface area contributed by atoms with Crippen LogP contribution in [-0.2, 0) is 28.7 Å². The Labute approximate surface area is 266 Å². The third kappa shape index (κ3) is 12.8. The number of morpholine rings is 1. The van der Waals surface area contributed by atoms with Crippen molar-refractivity contribution in [2.24, 2.45) is 29.6 Å². The Hall–Kier alpha value is -2.59. The molecule has 10 nitrogen and oxygen atoms in total. The summed E-state index contributed by atoms with van der Waals surface area (Å²) in [5, 5.41) is 5.79. The van der Waals surface area contributed by atoms with E-state index in [1.807, 2.05) is 41.5 Å². The number of hydrogen-bond donors (Lipinski definition) is 2. The lowest BCUT2D eigenvalue weighted by molar-refractivity contribution is -0.136. The molecule has 1 rings (SSSR count). The minimum absolute atomic E-state index is 0.0935. The first kappa shape index (κ1) is 39.4. The van der Waals surface area contributed by atoms with Crippen molar-refractivity contribution in [2.75, 3.05) is 39.9 Å². The van der Waals surface area contributed by atoms with E-state index in [0.29, 0.717) is 31.6 Å². The zero-order valence-electron chi connectivity index (χ0n) is 28.8. The Kier molecular flexibility index (Phi) is 17.7. The van der Waals surface area contributed by atoms with Gasteiger partial charge in [-0.2, -0.15) is 0 Å². The van der Waals surface area contributed by atoms with Crippen molar-refractivity contribution in [3.63, 3.8) is 0 Å². The second-order valence-electron chi connectivity index (χ2n) is 13.5. The molecule has 0 saturated carbocycles. The predicted octanol–water partition coefficient (Wildman–Crippen LogP) is 3.98. The second kappa shape index (κ2) is 19.7. The van der Waals surface area contributed by atoms with E-state index < -0.39 is 23.4 Å². The van der Waals surface area contributed by atoms with Crippen molar-refractivity contribution in [1.82, 2.24) is 20.4 Å². The van der Waals surface area contributed by atoms with Crippen LogP contribution < -0.4 is 10.6 Å². The number of carbonyl (C=O) groups is 5. The minimum atomic E-state index is -1.20. The molecule has 5 unspecified atom stereocenters. The molecule has 0 aromatic carbocycles. The van der Waals surface area contributed by atoms with Gasteiger partial charge in [0.15, 0.2) is 0 Å². The van der Waals surface area contributed by atoms with Gasteiger partial charge in [0.05, 0.1) is 18.8 Å². The molecular formula is C34H60N4O6. The van der Waals surface area contributed by atoms with E-state index >= 15 is 0 Å². The lowest BCUT2D eigenvalue weighted by atomic mass is 9.75. The predicted molar refractivity (Wildman–Crippen MR) is 174 cm³/mol. The maximum Gasteiger partial charge on any atom is 0.268 e. The fourth-order valence-corrected chi connectivity index (χ4v) is 6.17. The number of aldehydes is 2. The number of carbonyl (C=O) groups excluding carboxylic acids is 5. The molecule has 0 aromatic heterocycles. The van der Waals surface area contributed by atoms with Gasteiger partial charge in [-0.05, 0) is 69.2 Å². The molecule has 5 atom stereocenters.